The molecule has 29 heavy (non-hydrogen) atoms. The molecule has 7 heteroatoms. The molecule has 0 spiro atoms. The number of thiazole rings is 1. The molecule has 0 bridgehead atoms. The third kappa shape index (κ3) is 3.40. The molecule has 0 aliphatic carbocycles. The first-order valence-electron chi connectivity index (χ1n) is 8.99. The summed E-state index contributed by atoms with van der Waals surface area (Å²) in [5.41, 5.74) is 2.09. The Labute approximate surface area is 169 Å². The number of halogens is 1. The van der Waals surface area contributed by atoms with Crippen molar-refractivity contribution >= 4 is 32.6 Å². The number of nitrogens with zero attached hydrogens (tertiary/aromatic N) is 2. The van der Waals surface area contributed by atoms with Crippen LogP contribution in [-0.2, 0) is 6.54 Å². The normalized spacial score (nSPS) is 12.3. The highest BCUT2D eigenvalue weighted by Gasteiger charge is 2.24. The highest BCUT2D eigenvalue weighted by molar-refractivity contribution is 7.22. The van der Waals surface area contributed by atoms with Gasteiger partial charge in [0.15, 0.2) is 16.6 Å². The third-order valence-electron chi connectivity index (χ3n) is 4.62. The fourth-order valence-electron chi connectivity index (χ4n) is 3.18. The summed E-state index contributed by atoms with van der Waals surface area (Å²) in [6.45, 7) is 0.487. The van der Waals surface area contributed by atoms with Crippen molar-refractivity contribution in [3.05, 3.63) is 83.7 Å². The number of benzene rings is 3. The maximum absolute atomic E-state index is 13.6. The van der Waals surface area contributed by atoms with Crippen LogP contribution in [0.5, 0.6) is 11.5 Å². The van der Waals surface area contributed by atoms with E-state index in [1.807, 2.05) is 30.3 Å². The highest BCUT2D eigenvalue weighted by atomic mass is 32.1. The minimum atomic E-state index is -0.329. The number of carbonyl (C=O) groups excluding carboxylic acids is 1. The highest BCUT2D eigenvalue weighted by Crippen LogP contribution is 2.35. The summed E-state index contributed by atoms with van der Waals surface area (Å²) in [4.78, 5) is 19.6. The predicted molar refractivity (Wildman–Crippen MR) is 109 cm³/mol. The smallest absolute Gasteiger partial charge is 0.260 e. The molecule has 2 heterocycles. The van der Waals surface area contributed by atoms with Gasteiger partial charge in [-0.15, -0.1) is 0 Å². The van der Waals surface area contributed by atoms with E-state index < -0.39 is 0 Å². The van der Waals surface area contributed by atoms with Gasteiger partial charge in [-0.05, 0) is 42.0 Å². The van der Waals surface area contributed by atoms with Crippen molar-refractivity contribution in [2.45, 2.75) is 6.54 Å². The molecule has 0 unspecified atom stereocenters. The minimum absolute atomic E-state index is 0.143. The van der Waals surface area contributed by atoms with Crippen molar-refractivity contribution in [1.29, 1.82) is 0 Å². The van der Waals surface area contributed by atoms with Gasteiger partial charge in [-0.25, -0.2) is 9.37 Å². The summed E-state index contributed by atoms with van der Waals surface area (Å²) in [5, 5.41) is 0.511. The fraction of sp³-hybridized carbons (Fsp3) is 0.0909. The molecule has 0 fully saturated rings. The molecule has 1 amide bonds. The Balaban J connectivity index is 1.56. The first kappa shape index (κ1) is 17.6. The summed E-state index contributed by atoms with van der Waals surface area (Å²) in [6.07, 6.45) is 0. The number of rotatable bonds is 4. The molecular formula is C22H15FN2O3S. The lowest BCUT2D eigenvalue weighted by Gasteiger charge is -2.20. The van der Waals surface area contributed by atoms with Gasteiger partial charge in [0.25, 0.3) is 5.91 Å². The maximum Gasteiger partial charge on any atom is 0.260 e. The second-order valence-electron chi connectivity index (χ2n) is 6.55. The Hall–Kier alpha value is -3.45. The van der Waals surface area contributed by atoms with E-state index in [2.05, 4.69) is 4.98 Å². The quantitative estimate of drug-likeness (QED) is 0.478. The monoisotopic (exact) mass is 406 g/mol. The Kier molecular flexibility index (Phi) is 4.37. The molecule has 3 aromatic carbocycles. The van der Waals surface area contributed by atoms with Gasteiger partial charge in [0.2, 0.25) is 6.79 Å². The number of fused-ring (bicyclic) bond motifs is 2. The lowest BCUT2D eigenvalue weighted by molar-refractivity contribution is 0.0984. The van der Waals surface area contributed by atoms with Gasteiger partial charge in [-0.2, -0.15) is 0 Å². The molecule has 5 nitrogen and oxygen atoms in total. The molecule has 5 rings (SSSR count). The van der Waals surface area contributed by atoms with Gasteiger partial charge in [0.05, 0.1) is 16.8 Å². The van der Waals surface area contributed by atoms with Crippen LogP contribution in [0.3, 0.4) is 0 Å². The predicted octanol–water partition coefficient (Wildman–Crippen LogP) is 5.01. The van der Waals surface area contributed by atoms with E-state index in [9.17, 15) is 9.18 Å². The van der Waals surface area contributed by atoms with E-state index in [0.717, 1.165) is 5.56 Å². The maximum atomic E-state index is 13.6. The second kappa shape index (κ2) is 7.18. The number of amides is 1. The van der Waals surface area contributed by atoms with Crippen LogP contribution in [0.1, 0.15) is 15.9 Å². The van der Waals surface area contributed by atoms with E-state index in [1.54, 1.807) is 29.2 Å². The van der Waals surface area contributed by atoms with Crippen LogP contribution in [-0.4, -0.2) is 17.7 Å². The number of ether oxygens (including phenoxy) is 2. The van der Waals surface area contributed by atoms with Crippen molar-refractivity contribution in [2.24, 2.45) is 0 Å². The zero-order valence-corrected chi connectivity index (χ0v) is 16.0. The summed E-state index contributed by atoms with van der Waals surface area (Å²) in [7, 11) is 0. The van der Waals surface area contributed by atoms with Gasteiger partial charge in [0.1, 0.15) is 5.82 Å². The van der Waals surface area contributed by atoms with E-state index >= 15 is 0 Å². The summed E-state index contributed by atoms with van der Waals surface area (Å²) in [6, 6.07) is 19.2. The zero-order chi connectivity index (χ0) is 19.8. The molecule has 144 valence electrons. The van der Waals surface area contributed by atoms with Crippen LogP contribution in [0.2, 0.25) is 0 Å². The van der Waals surface area contributed by atoms with Crippen molar-refractivity contribution < 1.29 is 18.7 Å². The van der Waals surface area contributed by atoms with Gasteiger partial charge in [0, 0.05) is 5.56 Å². The molecule has 0 N–H and O–H groups in total. The lowest BCUT2D eigenvalue weighted by atomic mass is 10.1. The second-order valence-corrected chi connectivity index (χ2v) is 7.56. The molecule has 1 aliphatic rings. The Bertz CT molecular complexity index is 1210. The summed E-state index contributed by atoms with van der Waals surface area (Å²) >= 11 is 1.29. The largest absolute Gasteiger partial charge is 0.454 e. The van der Waals surface area contributed by atoms with Crippen LogP contribution in [0.25, 0.3) is 10.2 Å². The number of carbonyl (C=O) groups is 1. The SMILES string of the molecule is O=C(c1ccc2c(c1)OCO2)N(Cc1ccccc1)c1nc2ccc(F)cc2s1. The Morgan fingerprint density at radius 3 is 2.72 bits per heavy atom. The standard InChI is InChI=1S/C22H15FN2O3S/c23-16-7-8-17-20(11-16)29-22(24-17)25(12-14-4-2-1-3-5-14)21(26)15-6-9-18-19(10-15)28-13-27-18/h1-11H,12-13H2. The van der Waals surface area contributed by atoms with Crippen molar-refractivity contribution in [3.8, 4) is 11.5 Å². The molecule has 0 saturated heterocycles. The molecule has 0 atom stereocenters. The zero-order valence-electron chi connectivity index (χ0n) is 15.2. The van der Waals surface area contributed by atoms with Crippen molar-refractivity contribution in [1.82, 2.24) is 4.98 Å². The van der Waals surface area contributed by atoms with Gasteiger partial charge >= 0.3 is 0 Å². The Morgan fingerprint density at radius 2 is 1.86 bits per heavy atom. The van der Waals surface area contributed by atoms with E-state index in [-0.39, 0.29) is 18.5 Å². The number of hydrogen-bond donors (Lipinski definition) is 0. The molecule has 4 aromatic rings. The molecule has 0 radical (unpaired) electrons. The molecule has 1 aliphatic heterocycles. The average molecular weight is 406 g/mol. The van der Waals surface area contributed by atoms with Crippen LogP contribution >= 0.6 is 11.3 Å². The van der Waals surface area contributed by atoms with Crippen molar-refractivity contribution in [2.75, 3.05) is 11.7 Å². The van der Waals surface area contributed by atoms with Crippen LogP contribution in [0.15, 0.2) is 66.7 Å². The van der Waals surface area contributed by atoms with Crippen LogP contribution in [0, 0.1) is 5.82 Å². The average Bonchev–Trinajstić information content (AvgIpc) is 3.38. The van der Waals surface area contributed by atoms with Crippen molar-refractivity contribution in [3.63, 3.8) is 0 Å². The van der Waals surface area contributed by atoms with E-state index in [4.69, 9.17) is 9.47 Å². The van der Waals surface area contributed by atoms with Gasteiger partial charge < -0.3 is 9.47 Å². The fourth-order valence-corrected chi connectivity index (χ4v) is 4.17. The summed E-state index contributed by atoms with van der Waals surface area (Å²) < 4.78 is 25.0. The number of aromatic nitrogens is 1. The summed E-state index contributed by atoms with van der Waals surface area (Å²) in [5.74, 6) is 0.615. The van der Waals surface area contributed by atoms with Crippen LogP contribution < -0.4 is 14.4 Å². The van der Waals surface area contributed by atoms with Gasteiger partial charge in [-0.1, -0.05) is 41.7 Å². The molecular weight excluding hydrogens is 391 g/mol. The topological polar surface area (TPSA) is 51.7 Å². The third-order valence-corrected chi connectivity index (χ3v) is 5.66. The van der Waals surface area contributed by atoms with Crippen LogP contribution in [0.4, 0.5) is 9.52 Å². The van der Waals surface area contributed by atoms with E-state index in [0.29, 0.717) is 39.0 Å². The van der Waals surface area contributed by atoms with Gasteiger partial charge in [-0.3, -0.25) is 9.69 Å². The lowest BCUT2D eigenvalue weighted by Crippen LogP contribution is -2.30. The first-order chi connectivity index (χ1) is 14.2. The molecule has 1 aromatic heterocycles. The van der Waals surface area contributed by atoms with E-state index in [1.165, 1.54) is 23.5 Å². The number of anilines is 1. The molecule has 0 saturated carbocycles. The minimum Gasteiger partial charge on any atom is -0.454 e. The number of hydrogen-bond acceptors (Lipinski definition) is 5. The Morgan fingerprint density at radius 1 is 1.03 bits per heavy atom. The first-order valence-corrected chi connectivity index (χ1v) is 9.80.